The van der Waals surface area contributed by atoms with Crippen molar-refractivity contribution in [3.63, 3.8) is 0 Å². The summed E-state index contributed by atoms with van der Waals surface area (Å²) in [5, 5.41) is 4.26. The Bertz CT molecular complexity index is 640. The van der Waals surface area contributed by atoms with Gasteiger partial charge in [0, 0.05) is 38.1 Å². The van der Waals surface area contributed by atoms with E-state index in [1.54, 1.807) is 0 Å². The molecule has 3 nitrogen and oxygen atoms in total. The van der Waals surface area contributed by atoms with E-state index in [1.807, 2.05) is 24.0 Å². The quantitative estimate of drug-likeness (QED) is 0.330. The first-order chi connectivity index (χ1) is 14.1. The summed E-state index contributed by atoms with van der Waals surface area (Å²) in [4.78, 5) is 2.29. The second kappa shape index (κ2) is 16.7. The molecule has 0 amide bonds. The number of aryl methyl sites for hydroxylation is 1. The van der Waals surface area contributed by atoms with Crippen LogP contribution in [0.3, 0.4) is 0 Å². The molecule has 0 saturated heterocycles. The Labute approximate surface area is 180 Å². The summed E-state index contributed by atoms with van der Waals surface area (Å²) in [7, 11) is 4.10. The van der Waals surface area contributed by atoms with Crippen LogP contribution in [0.15, 0.2) is 42.4 Å². The molecule has 3 heteroatoms. The molecule has 1 aliphatic heterocycles. The number of aromatic nitrogens is 2. The maximum absolute atomic E-state index is 4.26. The number of nitrogens with zero attached hydrogens (tertiary/aromatic N) is 3. The minimum atomic E-state index is 1.02. The Morgan fingerprint density at radius 2 is 1.72 bits per heavy atom. The molecule has 1 aromatic heterocycles. The highest BCUT2D eigenvalue weighted by atomic mass is 15.2. The predicted molar refractivity (Wildman–Crippen MR) is 130 cm³/mol. The molecule has 2 rings (SSSR count). The van der Waals surface area contributed by atoms with Gasteiger partial charge in [0.2, 0.25) is 0 Å². The van der Waals surface area contributed by atoms with E-state index in [1.165, 1.54) is 67.4 Å². The zero-order valence-corrected chi connectivity index (χ0v) is 19.6. The van der Waals surface area contributed by atoms with Crippen LogP contribution in [0.1, 0.15) is 84.1 Å². The third-order valence-corrected chi connectivity index (χ3v) is 5.14. The van der Waals surface area contributed by atoms with Crippen molar-refractivity contribution in [2.75, 3.05) is 13.6 Å². The van der Waals surface area contributed by atoms with Gasteiger partial charge in [-0.2, -0.15) is 5.10 Å². The van der Waals surface area contributed by atoms with E-state index < -0.39 is 0 Å². The summed E-state index contributed by atoms with van der Waals surface area (Å²) >= 11 is 0. The first-order valence-corrected chi connectivity index (χ1v) is 11.2. The van der Waals surface area contributed by atoms with Crippen molar-refractivity contribution in [3.05, 3.63) is 48.0 Å². The van der Waals surface area contributed by atoms with Crippen molar-refractivity contribution in [2.45, 2.75) is 78.6 Å². The average molecular weight is 398 g/mol. The van der Waals surface area contributed by atoms with Crippen LogP contribution in [0.5, 0.6) is 0 Å². The molecule has 0 unspecified atom stereocenters. The summed E-state index contributed by atoms with van der Waals surface area (Å²) < 4.78 is 1.86. The molecule has 0 saturated carbocycles. The molecule has 29 heavy (non-hydrogen) atoms. The molecule has 0 aromatic carbocycles. The lowest BCUT2D eigenvalue weighted by atomic mass is 9.97. The number of terminal acetylenes is 1. The largest absolute Gasteiger partial charge is 0.374 e. The summed E-state index contributed by atoms with van der Waals surface area (Å²) in [5.41, 5.74) is 5.22. The van der Waals surface area contributed by atoms with Crippen LogP contribution >= 0.6 is 0 Å². The molecule has 1 aromatic rings. The highest BCUT2D eigenvalue weighted by Crippen LogP contribution is 2.27. The van der Waals surface area contributed by atoms with Gasteiger partial charge in [0.15, 0.2) is 0 Å². The van der Waals surface area contributed by atoms with E-state index in [0.29, 0.717) is 0 Å². The highest BCUT2D eigenvalue weighted by molar-refractivity contribution is 5.67. The van der Waals surface area contributed by atoms with E-state index in [2.05, 4.69) is 69.5 Å². The van der Waals surface area contributed by atoms with Gasteiger partial charge in [0.25, 0.3) is 0 Å². The molecule has 1 aliphatic rings. The monoisotopic (exact) mass is 397 g/mol. The van der Waals surface area contributed by atoms with Crippen LogP contribution in [0.25, 0.3) is 5.57 Å². The molecule has 0 spiro atoms. The van der Waals surface area contributed by atoms with Gasteiger partial charge in [0.05, 0.1) is 6.20 Å². The van der Waals surface area contributed by atoms with Crippen LogP contribution < -0.4 is 0 Å². The lowest BCUT2D eigenvalue weighted by Crippen LogP contribution is -2.23. The zero-order valence-electron chi connectivity index (χ0n) is 19.6. The van der Waals surface area contributed by atoms with E-state index in [-0.39, 0.29) is 0 Å². The van der Waals surface area contributed by atoms with Gasteiger partial charge >= 0.3 is 0 Å². The van der Waals surface area contributed by atoms with Crippen LogP contribution in [-0.2, 0) is 7.05 Å². The van der Waals surface area contributed by atoms with Gasteiger partial charge in [-0.1, -0.05) is 72.0 Å². The number of hydrogen-bond donors (Lipinski definition) is 0. The lowest BCUT2D eigenvalue weighted by Gasteiger charge is -2.28. The third-order valence-electron chi connectivity index (χ3n) is 5.14. The molecule has 162 valence electrons. The van der Waals surface area contributed by atoms with Crippen molar-refractivity contribution >= 4 is 5.57 Å². The number of likely N-dealkylation sites (N-methyl/N-ethyl adjacent to an activating group) is 1. The number of hydrogen-bond acceptors (Lipinski definition) is 2. The minimum Gasteiger partial charge on any atom is -0.374 e. The SMILES string of the molecule is C#C.C=CC1=C(/C=C(\CC)c2cnn(C)c2)CCCN1C.CCCCCCCC. The molecule has 0 aliphatic carbocycles. The van der Waals surface area contributed by atoms with E-state index in [0.717, 1.165) is 19.4 Å². The number of allylic oxidation sites excluding steroid dienone is 4. The molecular weight excluding hydrogens is 354 g/mol. The van der Waals surface area contributed by atoms with Gasteiger partial charge in [-0.3, -0.25) is 4.68 Å². The summed E-state index contributed by atoms with van der Waals surface area (Å²) in [6.45, 7) is 11.8. The summed E-state index contributed by atoms with van der Waals surface area (Å²) in [6.07, 6.45) is 28.2. The molecule has 0 atom stereocenters. The van der Waals surface area contributed by atoms with Crippen LogP contribution in [0, 0.1) is 12.8 Å². The van der Waals surface area contributed by atoms with Gasteiger partial charge < -0.3 is 4.90 Å². The van der Waals surface area contributed by atoms with Crippen molar-refractivity contribution in [2.24, 2.45) is 7.05 Å². The minimum absolute atomic E-state index is 1.02. The number of unbranched alkanes of at least 4 members (excludes halogenated alkanes) is 5. The van der Waals surface area contributed by atoms with E-state index >= 15 is 0 Å². The maximum atomic E-state index is 4.26. The van der Waals surface area contributed by atoms with Crippen molar-refractivity contribution in [1.29, 1.82) is 0 Å². The summed E-state index contributed by atoms with van der Waals surface area (Å²) in [5.74, 6) is 0. The van der Waals surface area contributed by atoms with Crippen molar-refractivity contribution < 1.29 is 0 Å². The van der Waals surface area contributed by atoms with E-state index in [9.17, 15) is 0 Å². The van der Waals surface area contributed by atoms with E-state index in [4.69, 9.17) is 0 Å². The second-order valence-corrected chi connectivity index (χ2v) is 7.48. The lowest BCUT2D eigenvalue weighted by molar-refractivity contribution is 0.394. The average Bonchev–Trinajstić information content (AvgIpc) is 3.17. The second-order valence-electron chi connectivity index (χ2n) is 7.48. The molecule has 0 bridgehead atoms. The Hall–Kier alpha value is -2.21. The highest BCUT2D eigenvalue weighted by Gasteiger charge is 2.14. The topological polar surface area (TPSA) is 21.1 Å². The Balaban J connectivity index is 0.000000664. The first kappa shape index (κ1) is 26.8. The first-order valence-electron chi connectivity index (χ1n) is 11.2. The Morgan fingerprint density at radius 3 is 2.17 bits per heavy atom. The van der Waals surface area contributed by atoms with Gasteiger partial charge in [-0.05, 0) is 36.5 Å². The molecule has 0 N–H and O–H groups in total. The van der Waals surface area contributed by atoms with Crippen molar-refractivity contribution in [3.8, 4) is 12.8 Å². The molecule has 0 radical (unpaired) electrons. The smallest absolute Gasteiger partial charge is 0.0564 e. The normalized spacial score (nSPS) is 13.9. The summed E-state index contributed by atoms with van der Waals surface area (Å²) in [6, 6.07) is 0. The molecule has 0 fully saturated rings. The predicted octanol–water partition coefficient (Wildman–Crippen LogP) is 7.00. The standard InChI is InChI=1S/C16H23N3.C8H18.C2H2/c1-5-13(15-11-17-19(4)12-15)10-14-8-7-9-18(3)16(14)6-2;1-3-5-7-8-6-4-2;1-2/h6,10-12H,2,5,7-9H2,1,3-4H3;3-8H2,1-2H3;1-2H/b13-10+;;. The fourth-order valence-electron chi connectivity index (χ4n) is 3.47. The fraction of sp³-hybridized carbons (Fsp3) is 0.577. The van der Waals surface area contributed by atoms with Gasteiger partial charge in [-0.15, -0.1) is 12.8 Å². The molecule has 2 heterocycles. The van der Waals surface area contributed by atoms with Crippen LogP contribution in [0.4, 0.5) is 0 Å². The van der Waals surface area contributed by atoms with Gasteiger partial charge in [0.1, 0.15) is 0 Å². The zero-order chi connectivity index (χ0) is 22.1. The van der Waals surface area contributed by atoms with Crippen LogP contribution in [-0.4, -0.2) is 28.3 Å². The maximum Gasteiger partial charge on any atom is 0.0564 e. The third kappa shape index (κ3) is 10.2. The number of rotatable bonds is 9. The fourth-order valence-corrected chi connectivity index (χ4v) is 3.47. The molecular formula is C26H43N3. The Morgan fingerprint density at radius 1 is 1.10 bits per heavy atom. The van der Waals surface area contributed by atoms with Gasteiger partial charge in [-0.25, -0.2) is 0 Å². The Kier molecular flexibility index (Phi) is 15.4. The van der Waals surface area contributed by atoms with Crippen molar-refractivity contribution in [1.82, 2.24) is 14.7 Å². The van der Waals surface area contributed by atoms with Crippen LogP contribution in [0.2, 0.25) is 0 Å².